The van der Waals surface area contributed by atoms with Crippen LogP contribution in [0.5, 0.6) is 17.2 Å². The minimum atomic E-state index is 0.243. The number of phenols is 1. The molecule has 0 spiro atoms. The lowest BCUT2D eigenvalue weighted by Gasteiger charge is -2.21. The lowest BCUT2D eigenvalue weighted by molar-refractivity contribution is -0.931. The Kier molecular flexibility index (Phi) is 3.24. The Hall–Kier alpha value is -1.72. The first-order valence-corrected chi connectivity index (χ1v) is 8.18. The molecular weight excluding hydrogens is 286 g/mol. The Morgan fingerprint density at radius 1 is 1.29 bits per heavy atom. The van der Waals surface area contributed by atoms with Crippen molar-refractivity contribution >= 4 is 11.3 Å². The molecule has 3 heterocycles. The molecule has 2 aliphatic rings. The average Bonchev–Trinajstić information content (AvgIpc) is 3.18. The van der Waals surface area contributed by atoms with Crippen LogP contribution in [0.3, 0.4) is 0 Å². The van der Waals surface area contributed by atoms with Crippen LogP contribution in [0.25, 0.3) is 0 Å². The van der Waals surface area contributed by atoms with Gasteiger partial charge in [-0.2, -0.15) is 0 Å². The first-order valence-electron chi connectivity index (χ1n) is 7.31. The number of hydrogen-bond donors (Lipinski definition) is 2. The average molecular weight is 304 g/mol. The van der Waals surface area contributed by atoms with Gasteiger partial charge in [-0.1, -0.05) is 6.07 Å². The lowest BCUT2D eigenvalue weighted by atomic mass is 10.1. The highest BCUT2D eigenvalue weighted by atomic mass is 32.1. The second-order valence-electron chi connectivity index (χ2n) is 5.63. The van der Waals surface area contributed by atoms with Crippen LogP contribution in [0.15, 0.2) is 29.6 Å². The number of ether oxygens (including phenoxy) is 2. The number of rotatable bonds is 3. The molecule has 21 heavy (non-hydrogen) atoms. The van der Waals surface area contributed by atoms with Gasteiger partial charge in [-0.15, -0.1) is 11.3 Å². The zero-order valence-electron chi connectivity index (χ0n) is 11.7. The number of likely N-dealkylation sites (tertiary alicyclic amines) is 1. The number of aromatic hydroxyl groups is 1. The predicted octanol–water partition coefficient (Wildman–Crippen LogP) is 2.10. The Balaban J connectivity index is 1.58. The third kappa shape index (κ3) is 2.36. The predicted molar refractivity (Wildman–Crippen MR) is 80.1 cm³/mol. The standard InChI is InChI=1S/C16H17NO3S/c18-13-8-15-14(19-10-20-15)7-11(13)9-17-5-1-3-12(17)16-4-2-6-21-16/h2,4,6-8,12,18H,1,3,5,9-10H2/p+1/t12-/m1/s1. The maximum absolute atomic E-state index is 10.2. The van der Waals surface area contributed by atoms with Crippen LogP contribution in [-0.4, -0.2) is 18.4 Å². The Bertz CT molecular complexity index is 641. The van der Waals surface area contributed by atoms with E-state index in [-0.39, 0.29) is 6.79 Å². The zero-order chi connectivity index (χ0) is 14.2. The highest BCUT2D eigenvalue weighted by molar-refractivity contribution is 7.10. The van der Waals surface area contributed by atoms with Crippen LogP contribution >= 0.6 is 11.3 Å². The second kappa shape index (κ2) is 5.24. The summed E-state index contributed by atoms with van der Waals surface area (Å²) in [7, 11) is 0. The molecule has 2 atom stereocenters. The molecule has 2 aliphatic heterocycles. The van der Waals surface area contributed by atoms with E-state index in [9.17, 15) is 5.11 Å². The fourth-order valence-corrected chi connectivity index (χ4v) is 4.24. The number of fused-ring (bicyclic) bond motifs is 1. The number of benzene rings is 1. The maximum Gasteiger partial charge on any atom is 0.231 e. The summed E-state index contributed by atoms with van der Waals surface area (Å²) in [5, 5.41) is 12.3. The van der Waals surface area contributed by atoms with Crippen molar-refractivity contribution in [3.05, 3.63) is 40.1 Å². The monoisotopic (exact) mass is 304 g/mol. The minimum Gasteiger partial charge on any atom is -0.507 e. The molecule has 1 unspecified atom stereocenters. The van der Waals surface area contributed by atoms with Crippen molar-refractivity contribution in [1.29, 1.82) is 0 Å². The molecule has 2 aromatic rings. The number of quaternary nitrogens is 1. The van der Waals surface area contributed by atoms with Crippen LogP contribution in [-0.2, 0) is 6.54 Å². The molecule has 1 fully saturated rings. The van der Waals surface area contributed by atoms with Crippen molar-refractivity contribution in [2.24, 2.45) is 0 Å². The molecule has 4 nitrogen and oxygen atoms in total. The van der Waals surface area contributed by atoms with E-state index < -0.39 is 0 Å². The Labute approximate surface area is 127 Å². The number of thiophene rings is 1. The van der Waals surface area contributed by atoms with Gasteiger partial charge in [0.2, 0.25) is 6.79 Å². The topological polar surface area (TPSA) is 43.1 Å². The van der Waals surface area contributed by atoms with Gasteiger partial charge in [0.05, 0.1) is 17.0 Å². The quantitative estimate of drug-likeness (QED) is 0.912. The molecule has 1 aromatic heterocycles. The van der Waals surface area contributed by atoms with E-state index in [1.807, 2.05) is 17.4 Å². The van der Waals surface area contributed by atoms with E-state index in [2.05, 4.69) is 17.5 Å². The lowest BCUT2D eigenvalue weighted by Crippen LogP contribution is -3.08. The molecule has 5 heteroatoms. The van der Waals surface area contributed by atoms with Gasteiger partial charge in [-0.05, 0) is 17.5 Å². The van der Waals surface area contributed by atoms with Gasteiger partial charge in [0.15, 0.2) is 11.5 Å². The van der Waals surface area contributed by atoms with Crippen molar-refractivity contribution in [3.63, 3.8) is 0 Å². The van der Waals surface area contributed by atoms with Crippen LogP contribution in [0.4, 0.5) is 0 Å². The molecule has 0 saturated carbocycles. The number of phenolic OH excluding ortho intramolecular Hbond substituents is 1. The van der Waals surface area contributed by atoms with Crippen LogP contribution in [0.2, 0.25) is 0 Å². The molecule has 4 rings (SSSR count). The van der Waals surface area contributed by atoms with Crippen LogP contribution < -0.4 is 14.4 Å². The van der Waals surface area contributed by atoms with Gasteiger partial charge in [-0.3, -0.25) is 0 Å². The van der Waals surface area contributed by atoms with E-state index in [1.165, 1.54) is 22.6 Å². The molecule has 1 saturated heterocycles. The van der Waals surface area contributed by atoms with E-state index in [4.69, 9.17) is 9.47 Å². The molecule has 0 aliphatic carbocycles. The SMILES string of the molecule is Oc1cc2c(cc1C[NH+]1CCC[C@@H]1c1cccs1)OCO2. The summed E-state index contributed by atoms with van der Waals surface area (Å²) < 4.78 is 10.7. The van der Waals surface area contributed by atoms with Gasteiger partial charge in [0.25, 0.3) is 0 Å². The maximum atomic E-state index is 10.2. The summed E-state index contributed by atoms with van der Waals surface area (Å²) in [4.78, 5) is 2.97. The summed E-state index contributed by atoms with van der Waals surface area (Å²) in [6.45, 7) is 2.22. The third-order valence-electron chi connectivity index (χ3n) is 4.36. The third-order valence-corrected chi connectivity index (χ3v) is 5.35. The normalized spacial score (nSPS) is 23.6. The van der Waals surface area contributed by atoms with E-state index >= 15 is 0 Å². The highest BCUT2D eigenvalue weighted by Gasteiger charge is 2.31. The van der Waals surface area contributed by atoms with Gasteiger partial charge < -0.3 is 19.5 Å². The summed E-state index contributed by atoms with van der Waals surface area (Å²) in [6.07, 6.45) is 2.46. The van der Waals surface area contributed by atoms with E-state index in [0.717, 1.165) is 24.4 Å². The Morgan fingerprint density at radius 2 is 2.14 bits per heavy atom. The molecule has 2 N–H and O–H groups in total. The molecule has 0 bridgehead atoms. The number of nitrogens with one attached hydrogen (secondary N) is 1. The molecular formula is C16H18NO3S+. The van der Waals surface area contributed by atoms with E-state index in [1.54, 1.807) is 6.07 Å². The fraction of sp³-hybridized carbons (Fsp3) is 0.375. The van der Waals surface area contributed by atoms with Crippen molar-refractivity contribution in [2.75, 3.05) is 13.3 Å². The van der Waals surface area contributed by atoms with Crippen molar-refractivity contribution < 1.29 is 19.5 Å². The summed E-state index contributed by atoms with van der Waals surface area (Å²) >= 11 is 1.83. The first kappa shape index (κ1) is 13.0. The van der Waals surface area contributed by atoms with E-state index in [0.29, 0.717) is 17.5 Å². The van der Waals surface area contributed by atoms with Crippen LogP contribution in [0.1, 0.15) is 29.3 Å². The van der Waals surface area contributed by atoms with Gasteiger partial charge in [0.1, 0.15) is 18.3 Å². The van der Waals surface area contributed by atoms with Crippen molar-refractivity contribution in [1.82, 2.24) is 0 Å². The fourth-order valence-electron chi connectivity index (χ4n) is 3.32. The molecule has 0 amide bonds. The summed E-state index contributed by atoms with van der Waals surface area (Å²) in [5.41, 5.74) is 0.942. The minimum absolute atomic E-state index is 0.243. The Morgan fingerprint density at radius 3 is 2.95 bits per heavy atom. The largest absolute Gasteiger partial charge is 0.507 e. The van der Waals surface area contributed by atoms with Gasteiger partial charge in [-0.25, -0.2) is 0 Å². The number of hydrogen-bond acceptors (Lipinski definition) is 4. The molecule has 110 valence electrons. The van der Waals surface area contributed by atoms with Gasteiger partial charge >= 0.3 is 0 Å². The van der Waals surface area contributed by atoms with Crippen molar-refractivity contribution in [3.8, 4) is 17.2 Å². The van der Waals surface area contributed by atoms with Crippen LogP contribution in [0, 0.1) is 0 Å². The van der Waals surface area contributed by atoms with Crippen molar-refractivity contribution in [2.45, 2.75) is 25.4 Å². The first-order chi connectivity index (χ1) is 10.3. The molecule has 0 radical (unpaired) electrons. The van der Waals surface area contributed by atoms with Gasteiger partial charge in [0, 0.05) is 18.9 Å². The summed E-state index contributed by atoms with van der Waals surface area (Å²) in [5.74, 6) is 1.69. The zero-order valence-corrected chi connectivity index (χ0v) is 12.5. The smallest absolute Gasteiger partial charge is 0.231 e. The second-order valence-corrected chi connectivity index (χ2v) is 6.61. The highest BCUT2D eigenvalue weighted by Crippen LogP contribution is 2.37. The summed E-state index contributed by atoms with van der Waals surface area (Å²) in [6, 6.07) is 8.49. The molecule has 1 aromatic carbocycles.